The maximum atomic E-state index is 13.9. The highest BCUT2D eigenvalue weighted by Crippen LogP contribution is 2.35. The number of carbonyl (C=O) groups is 6. The van der Waals surface area contributed by atoms with Gasteiger partial charge in [0.2, 0.25) is 11.8 Å². The first-order valence-corrected chi connectivity index (χ1v) is 21.1. The number of ketones is 2. The maximum Gasteiger partial charge on any atom is 0.256 e. The number of anilines is 1. The molecule has 5 N–H and O–H groups in total. The summed E-state index contributed by atoms with van der Waals surface area (Å²) in [5, 5.41) is 11.6. The zero-order valence-electron chi connectivity index (χ0n) is 35.3. The highest BCUT2D eigenvalue weighted by atomic mass is 19.1. The Bertz CT molecular complexity index is 2220. The summed E-state index contributed by atoms with van der Waals surface area (Å²) < 4.78 is 19.9. The van der Waals surface area contributed by atoms with Crippen LogP contribution >= 0.6 is 0 Å². The molecule has 0 radical (unpaired) electrons. The minimum Gasteiger partial charge on any atom is -0.493 e. The number of piperidine rings is 1. The standard InChI is InChI=1S/C46H56FN7O7/c1-28(33-13-15-40(56)52-44(33)58)43(57)42-34(31(4)55)10-8-11-39(42)61-25-7-5-6-16-48-18-20-54-23-21-53(22-24-54)19-9-17-49-46(60)41-29(2)38(50-30(41)3)27-36-35-26-32(47)12-14-37(35)51-45(36)59/h8,10-12,14,26-27,33,48,50H,1,5-7,9,13,15-25H2,2-4H3,(H,49,60)(H,51,59)(H,52,56,58)/b36-27-. The van der Waals surface area contributed by atoms with Crippen molar-refractivity contribution in [2.45, 2.75) is 59.3 Å². The third-order valence-electron chi connectivity index (χ3n) is 11.6. The summed E-state index contributed by atoms with van der Waals surface area (Å²) in [6.45, 7) is 17.3. The molecule has 0 aliphatic carbocycles. The van der Waals surface area contributed by atoms with Crippen LogP contribution in [0.1, 0.15) is 99.0 Å². The number of benzene rings is 2. The number of ether oxygens (including phenoxy) is 1. The molecule has 15 heteroatoms. The smallest absolute Gasteiger partial charge is 0.256 e. The molecule has 14 nitrogen and oxygen atoms in total. The van der Waals surface area contributed by atoms with E-state index in [9.17, 15) is 33.2 Å². The van der Waals surface area contributed by atoms with Crippen LogP contribution in [0.2, 0.25) is 0 Å². The van der Waals surface area contributed by atoms with E-state index >= 15 is 0 Å². The lowest BCUT2D eigenvalue weighted by molar-refractivity contribution is -0.135. The normalized spacial score (nSPS) is 17.5. The third kappa shape index (κ3) is 11.1. The van der Waals surface area contributed by atoms with Gasteiger partial charge in [-0.25, -0.2) is 4.39 Å². The highest BCUT2D eigenvalue weighted by molar-refractivity contribution is 6.35. The van der Waals surface area contributed by atoms with Gasteiger partial charge in [-0.3, -0.25) is 39.0 Å². The first kappa shape index (κ1) is 44.8. The van der Waals surface area contributed by atoms with E-state index in [2.05, 4.69) is 42.6 Å². The van der Waals surface area contributed by atoms with Crippen LogP contribution in [0.4, 0.5) is 10.1 Å². The Labute approximate surface area is 355 Å². The van der Waals surface area contributed by atoms with E-state index in [1.54, 1.807) is 30.3 Å². The molecule has 2 saturated heterocycles. The van der Waals surface area contributed by atoms with Crippen molar-refractivity contribution in [1.82, 2.24) is 30.7 Å². The number of imide groups is 1. The molecule has 2 aromatic carbocycles. The van der Waals surface area contributed by atoms with E-state index in [0.29, 0.717) is 46.9 Å². The van der Waals surface area contributed by atoms with Gasteiger partial charge < -0.3 is 30.6 Å². The number of nitrogens with zero attached hydrogens (tertiary/aromatic N) is 2. The Morgan fingerprint density at radius 3 is 2.41 bits per heavy atom. The summed E-state index contributed by atoms with van der Waals surface area (Å²) in [7, 11) is 0. The number of aromatic amines is 1. The Morgan fingerprint density at radius 1 is 0.918 bits per heavy atom. The Balaban J connectivity index is 0.832. The molecule has 6 rings (SSSR count). The number of unbranched alkanes of at least 4 members (excludes halogenated alkanes) is 2. The molecule has 3 aliphatic rings. The van der Waals surface area contributed by atoms with Crippen LogP contribution in [0.15, 0.2) is 48.6 Å². The van der Waals surface area contributed by atoms with Crippen molar-refractivity contribution in [1.29, 1.82) is 0 Å². The first-order chi connectivity index (χ1) is 29.3. The van der Waals surface area contributed by atoms with Crippen LogP contribution in [0.5, 0.6) is 5.75 Å². The predicted octanol–water partition coefficient (Wildman–Crippen LogP) is 4.83. The van der Waals surface area contributed by atoms with Crippen LogP contribution in [0, 0.1) is 25.6 Å². The molecule has 324 valence electrons. The minimum absolute atomic E-state index is 0.0338. The second-order valence-corrected chi connectivity index (χ2v) is 15.9. The number of hydrogen-bond donors (Lipinski definition) is 5. The molecule has 0 saturated carbocycles. The van der Waals surface area contributed by atoms with E-state index in [1.807, 2.05) is 13.8 Å². The predicted molar refractivity (Wildman–Crippen MR) is 231 cm³/mol. The van der Waals surface area contributed by atoms with Crippen molar-refractivity contribution in [3.05, 3.63) is 93.6 Å². The molecule has 3 aromatic rings. The van der Waals surface area contributed by atoms with Crippen LogP contribution in [-0.2, 0) is 14.4 Å². The Morgan fingerprint density at radius 2 is 1.67 bits per heavy atom. The fourth-order valence-corrected chi connectivity index (χ4v) is 8.13. The van der Waals surface area contributed by atoms with E-state index < -0.39 is 23.4 Å². The largest absolute Gasteiger partial charge is 0.493 e. The number of rotatable bonds is 20. The number of piperazine rings is 1. The van der Waals surface area contributed by atoms with E-state index in [0.717, 1.165) is 83.6 Å². The summed E-state index contributed by atoms with van der Waals surface area (Å²) >= 11 is 0. The van der Waals surface area contributed by atoms with Gasteiger partial charge in [0.05, 0.1) is 29.2 Å². The second-order valence-electron chi connectivity index (χ2n) is 15.9. The van der Waals surface area contributed by atoms with Gasteiger partial charge >= 0.3 is 0 Å². The molecule has 3 aliphatic heterocycles. The van der Waals surface area contributed by atoms with Crippen LogP contribution in [0.3, 0.4) is 0 Å². The van der Waals surface area contributed by atoms with Gasteiger partial charge in [-0.05, 0) is 102 Å². The molecule has 1 aromatic heterocycles. The van der Waals surface area contributed by atoms with Gasteiger partial charge in [0.25, 0.3) is 11.8 Å². The van der Waals surface area contributed by atoms with Crippen LogP contribution in [0.25, 0.3) is 11.6 Å². The number of halogens is 1. The molecular weight excluding hydrogens is 782 g/mol. The number of amides is 4. The third-order valence-corrected chi connectivity index (χ3v) is 11.6. The van der Waals surface area contributed by atoms with Crippen molar-refractivity contribution in [3.63, 3.8) is 0 Å². The highest BCUT2D eigenvalue weighted by Gasteiger charge is 2.34. The lowest BCUT2D eigenvalue weighted by Gasteiger charge is -2.34. The van der Waals surface area contributed by atoms with Gasteiger partial charge in [0, 0.05) is 86.0 Å². The fourth-order valence-electron chi connectivity index (χ4n) is 8.13. The number of H-pyrrole nitrogens is 1. The number of Topliss-reactive ketones (excluding diaryl/α,β-unsaturated/α-hetero) is 2. The Kier molecular flexibility index (Phi) is 15.2. The molecular formula is C46H56FN7O7. The molecule has 1 unspecified atom stereocenters. The van der Waals surface area contributed by atoms with Gasteiger partial charge in [-0.1, -0.05) is 18.7 Å². The number of fused-ring (bicyclic) bond motifs is 1. The molecule has 4 heterocycles. The van der Waals surface area contributed by atoms with Crippen molar-refractivity contribution in [3.8, 4) is 5.75 Å². The summed E-state index contributed by atoms with van der Waals surface area (Å²) in [6.07, 6.45) is 5.43. The average Bonchev–Trinajstić information content (AvgIpc) is 3.70. The summed E-state index contributed by atoms with van der Waals surface area (Å²) in [5.74, 6) is -3.23. The number of nitrogens with one attached hydrogen (secondary N) is 5. The minimum atomic E-state index is -0.841. The number of aromatic nitrogens is 1. The molecule has 1 atom stereocenters. The summed E-state index contributed by atoms with van der Waals surface area (Å²) in [5.41, 5.74) is 4.37. The van der Waals surface area contributed by atoms with Gasteiger partial charge in [0.1, 0.15) is 11.6 Å². The zero-order valence-corrected chi connectivity index (χ0v) is 35.3. The van der Waals surface area contributed by atoms with Crippen molar-refractivity contribution < 1.29 is 37.9 Å². The number of carbonyl (C=O) groups excluding carboxylic acids is 6. The summed E-state index contributed by atoms with van der Waals surface area (Å²) in [6, 6.07) is 9.06. The molecule has 0 bridgehead atoms. The second kappa shape index (κ2) is 20.7. The van der Waals surface area contributed by atoms with Crippen molar-refractivity contribution >= 4 is 52.5 Å². The lowest BCUT2D eigenvalue weighted by atomic mass is 9.85. The van der Waals surface area contributed by atoms with Crippen molar-refractivity contribution in [2.24, 2.45) is 5.92 Å². The molecule has 0 spiro atoms. The summed E-state index contributed by atoms with van der Waals surface area (Å²) in [4.78, 5) is 83.9. The topological polar surface area (TPSA) is 182 Å². The first-order valence-electron chi connectivity index (χ1n) is 21.1. The van der Waals surface area contributed by atoms with Crippen molar-refractivity contribution in [2.75, 3.05) is 70.8 Å². The monoisotopic (exact) mass is 837 g/mol. The van der Waals surface area contributed by atoms with Crippen LogP contribution < -0.4 is 26.0 Å². The fraction of sp³-hybridized carbons (Fsp3) is 0.435. The quantitative estimate of drug-likeness (QED) is 0.0458. The lowest BCUT2D eigenvalue weighted by Crippen LogP contribution is -2.48. The van der Waals surface area contributed by atoms with Gasteiger partial charge in [-0.2, -0.15) is 0 Å². The Hall–Kier alpha value is -5.77. The molecule has 2 fully saturated rings. The van der Waals surface area contributed by atoms with E-state index in [1.165, 1.54) is 19.1 Å². The molecule has 61 heavy (non-hydrogen) atoms. The molecule has 4 amide bonds. The number of hydrogen-bond acceptors (Lipinski definition) is 10. The number of aryl methyl sites for hydroxylation is 1. The SMILES string of the molecule is C=C(C(=O)c1c(OCCCCCNCCN2CCN(CCCNC(=O)c3c(C)[nH]c(/C=C4\C(=O)Nc5ccc(F)cc54)c3C)CC2)cccc1C(C)=O)C1CCC(=O)NC1=O. The van der Waals surface area contributed by atoms with E-state index in [-0.39, 0.29) is 58.8 Å². The maximum absolute atomic E-state index is 13.9. The average molecular weight is 838 g/mol. The van der Waals surface area contributed by atoms with E-state index in [4.69, 9.17) is 4.74 Å². The van der Waals surface area contributed by atoms with Crippen LogP contribution in [-0.4, -0.2) is 115 Å². The van der Waals surface area contributed by atoms with Gasteiger partial charge in [-0.15, -0.1) is 0 Å². The zero-order chi connectivity index (χ0) is 43.6. The van der Waals surface area contributed by atoms with Gasteiger partial charge in [0.15, 0.2) is 11.6 Å².